The van der Waals surface area contributed by atoms with Crippen molar-refractivity contribution in [2.45, 2.75) is 17.4 Å². The molecular formula is C20H19N3O4S2. The van der Waals surface area contributed by atoms with E-state index in [1.165, 1.54) is 29.8 Å². The maximum atomic E-state index is 12.8. The molecule has 1 aliphatic rings. The number of hydrogen-bond donors (Lipinski definition) is 1. The minimum Gasteiger partial charge on any atom is -0.362 e. The van der Waals surface area contributed by atoms with Gasteiger partial charge in [0.05, 0.1) is 15.9 Å². The monoisotopic (exact) mass is 429 g/mol. The van der Waals surface area contributed by atoms with Crippen molar-refractivity contribution in [3.8, 4) is 0 Å². The fraction of sp³-hybridized carbons (Fsp3) is 0.200. The molecule has 0 radical (unpaired) electrons. The minimum atomic E-state index is -3.79. The summed E-state index contributed by atoms with van der Waals surface area (Å²) in [5.74, 6) is 0. The zero-order chi connectivity index (χ0) is 20.4. The summed E-state index contributed by atoms with van der Waals surface area (Å²) in [4.78, 5) is 13.6. The van der Waals surface area contributed by atoms with Crippen LogP contribution in [0.4, 0.5) is 11.4 Å². The van der Waals surface area contributed by atoms with Gasteiger partial charge in [-0.05, 0) is 41.6 Å². The van der Waals surface area contributed by atoms with E-state index in [2.05, 4.69) is 21.8 Å². The molecule has 2 aromatic carbocycles. The van der Waals surface area contributed by atoms with E-state index in [-0.39, 0.29) is 23.2 Å². The van der Waals surface area contributed by atoms with Gasteiger partial charge in [0, 0.05) is 35.8 Å². The largest absolute Gasteiger partial charge is 0.362 e. The van der Waals surface area contributed by atoms with Gasteiger partial charge in [0.15, 0.2) is 0 Å². The fourth-order valence-corrected chi connectivity index (χ4v) is 5.43. The molecule has 1 aliphatic heterocycles. The number of nitro benzene ring substituents is 1. The van der Waals surface area contributed by atoms with Gasteiger partial charge in [-0.25, -0.2) is 13.1 Å². The lowest BCUT2D eigenvalue weighted by Crippen LogP contribution is -2.37. The number of thiophene rings is 1. The molecule has 0 bridgehead atoms. The highest BCUT2D eigenvalue weighted by Gasteiger charge is 2.29. The van der Waals surface area contributed by atoms with Crippen molar-refractivity contribution in [1.29, 1.82) is 0 Å². The average Bonchev–Trinajstić information content (AvgIpc) is 3.39. The Bertz CT molecular complexity index is 1110. The summed E-state index contributed by atoms with van der Waals surface area (Å²) in [6.07, 6.45) is 0.924. The molecule has 150 valence electrons. The molecule has 0 fully saturated rings. The molecule has 0 spiro atoms. The third-order valence-electron chi connectivity index (χ3n) is 5.00. The van der Waals surface area contributed by atoms with Crippen LogP contribution in [0, 0.1) is 10.1 Å². The normalized spacial score (nSPS) is 14.6. The van der Waals surface area contributed by atoms with E-state index in [0.29, 0.717) is 0 Å². The second kappa shape index (κ2) is 7.94. The van der Waals surface area contributed by atoms with Crippen LogP contribution in [0.15, 0.2) is 70.9 Å². The average molecular weight is 430 g/mol. The quantitative estimate of drug-likeness (QED) is 0.456. The van der Waals surface area contributed by atoms with E-state index in [1.54, 1.807) is 11.3 Å². The number of nitro groups is 1. The molecule has 9 heteroatoms. The van der Waals surface area contributed by atoms with Crippen LogP contribution in [-0.4, -0.2) is 26.4 Å². The van der Waals surface area contributed by atoms with E-state index >= 15 is 0 Å². The second-order valence-corrected chi connectivity index (χ2v) is 9.45. The molecule has 0 aliphatic carbocycles. The first-order valence-corrected chi connectivity index (χ1v) is 11.4. The van der Waals surface area contributed by atoms with Crippen molar-refractivity contribution < 1.29 is 13.3 Å². The van der Waals surface area contributed by atoms with Crippen molar-refractivity contribution in [2.75, 3.05) is 18.0 Å². The van der Waals surface area contributed by atoms with Crippen molar-refractivity contribution in [3.05, 3.63) is 86.6 Å². The molecule has 4 rings (SSSR count). The van der Waals surface area contributed by atoms with Crippen molar-refractivity contribution in [3.63, 3.8) is 0 Å². The Labute approximate surface area is 172 Å². The lowest BCUT2D eigenvalue weighted by atomic mass is 10.1. The highest BCUT2D eigenvalue weighted by Crippen LogP contribution is 2.36. The molecule has 1 atom stereocenters. The van der Waals surface area contributed by atoms with Crippen LogP contribution in [0.3, 0.4) is 0 Å². The molecule has 2 heterocycles. The van der Waals surface area contributed by atoms with Crippen LogP contribution in [0.1, 0.15) is 16.5 Å². The summed E-state index contributed by atoms with van der Waals surface area (Å²) in [6, 6.07) is 16.9. The molecule has 1 N–H and O–H groups in total. The van der Waals surface area contributed by atoms with E-state index in [1.807, 2.05) is 29.6 Å². The Morgan fingerprint density at radius 3 is 2.55 bits per heavy atom. The van der Waals surface area contributed by atoms with E-state index in [4.69, 9.17) is 0 Å². The molecular weight excluding hydrogens is 410 g/mol. The van der Waals surface area contributed by atoms with Gasteiger partial charge in [-0.15, -0.1) is 11.3 Å². The van der Waals surface area contributed by atoms with E-state index in [9.17, 15) is 18.5 Å². The van der Waals surface area contributed by atoms with Crippen molar-refractivity contribution in [2.24, 2.45) is 0 Å². The predicted octanol–water partition coefficient (Wildman–Crippen LogP) is 3.74. The smallest absolute Gasteiger partial charge is 0.269 e. The number of benzene rings is 2. The molecule has 3 aromatic rings. The fourth-order valence-electron chi connectivity index (χ4n) is 3.55. The van der Waals surface area contributed by atoms with Crippen LogP contribution >= 0.6 is 11.3 Å². The topological polar surface area (TPSA) is 92.5 Å². The number of nitrogens with zero attached hydrogens (tertiary/aromatic N) is 2. The van der Waals surface area contributed by atoms with Crippen molar-refractivity contribution in [1.82, 2.24) is 4.72 Å². The highest BCUT2D eigenvalue weighted by atomic mass is 32.2. The number of hydrogen-bond acceptors (Lipinski definition) is 6. The maximum absolute atomic E-state index is 12.8. The second-order valence-electron chi connectivity index (χ2n) is 6.71. The third-order valence-corrected chi connectivity index (χ3v) is 7.41. The van der Waals surface area contributed by atoms with Gasteiger partial charge >= 0.3 is 0 Å². The summed E-state index contributed by atoms with van der Waals surface area (Å²) in [5.41, 5.74) is 2.24. The van der Waals surface area contributed by atoms with Crippen LogP contribution in [0.2, 0.25) is 0 Å². The first kappa shape index (κ1) is 19.6. The van der Waals surface area contributed by atoms with Crippen LogP contribution in [0.5, 0.6) is 0 Å². The van der Waals surface area contributed by atoms with E-state index < -0.39 is 14.9 Å². The Morgan fingerprint density at radius 1 is 1.10 bits per heavy atom. The standard InChI is InChI=1S/C20H19N3O4S2/c24-23(25)16-7-9-17(10-8-16)29(26,27)21-14-19(20-6-3-13-28-20)22-12-11-15-4-1-2-5-18(15)22/h1-10,13,19,21H,11-12,14H2/t19-/m0/s1. The Hall–Kier alpha value is -2.75. The highest BCUT2D eigenvalue weighted by molar-refractivity contribution is 7.89. The summed E-state index contributed by atoms with van der Waals surface area (Å²) in [5, 5.41) is 12.8. The van der Waals surface area contributed by atoms with Crippen molar-refractivity contribution >= 4 is 32.7 Å². The molecule has 7 nitrogen and oxygen atoms in total. The number of fused-ring (bicyclic) bond motifs is 1. The van der Waals surface area contributed by atoms with Gasteiger partial charge in [-0.2, -0.15) is 0 Å². The molecule has 0 saturated heterocycles. The number of nitrogens with one attached hydrogen (secondary N) is 1. The van der Waals surface area contributed by atoms with Gasteiger partial charge in [0.25, 0.3) is 5.69 Å². The lowest BCUT2D eigenvalue weighted by Gasteiger charge is -2.30. The predicted molar refractivity (Wildman–Crippen MR) is 113 cm³/mol. The van der Waals surface area contributed by atoms with Gasteiger partial charge in [-0.3, -0.25) is 10.1 Å². The zero-order valence-corrected chi connectivity index (χ0v) is 17.0. The van der Waals surface area contributed by atoms with Gasteiger partial charge in [0.1, 0.15) is 0 Å². The number of non-ortho nitro benzene ring substituents is 1. The first-order valence-electron chi connectivity index (χ1n) is 9.08. The molecule has 29 heavy (non-hydrogen) atoms. The molecule has 0 unspecified atom stereocenters. The molecule has 0 amide bonds. The maximum Gasteiger partial charge on any atom is 0.269 e. The number of sulfonamides is 1. The zero-order valence-electron chi connectivity index (χ0n) is 15.4. The van der Waals surface area contributed by atoms with Gasteiger partial charge < -0.3 is 4.90 Å². The number of anilines is 1. The van der Waals surface area contributed by atoms with Crippen LogP contribution in [-0.2, 0) is 16.4 Å². The molecule has 0 saturated carbocycles. The summed E-state index contributed by atoms with van der Waals surface area (Å²) in [7, 11) is -3.79. The lowest BCUT2D eigenvalue weighted by molar-refractivity contribution is -0.384. The Morgan fingerprint density at radius 2 is 1.86 bits per heavy atom. The minimum absolute atomic E-state index is 0.00912. The number of rotatable bonds is 7. The first-order chi connectivity index (χ1) is 14.0. The summed E-state index contributed by atoms with van der Waals surface area (Å²) >= 11 is 1.59. The third kappa shape index (κ3) is 4.02. The van der Waals surface area contributed by atoms with Gasteiger partial charge in [0.2, 0.25) is 10.0 Å². The van der Waals surface area contributed by atoms with Crippen LogP contribution < -0.4 is 9.62 Å². The van der Waals surface area contributed by atoms with E-state index in [0.717, 1.165) is 23.5 Å². The van der Waals surface area contributed by atoms with Crippen LogP contribution in [0.25, 0.3) is 0 Å². The Balaban J connectivity index is 1.57. The van der Waals surface area contributed by atoms with Gasteiger partial charge in [-0.1, -0.05) is 24.3 Å². The summed E-state index contributed by atoms with van der Waals surface area (Å²) < 4.78 is 28.2. The Kier molecular flexibility index (Phi) is 5.35. The molecule has 1 aromatic heterocycles. The number of para-hydroxylation sites is 1. The SMILES string of the molecule is O=[N+]([O-])c1ccc(S(=O)(=O)NC[C@@H](c2cccs2)N2CCc3ccccc32)cc1. The summed E-state index contributed by atoms with van der Waals surface area (Å²) in [6.45, 7) is 1.02.